The van der Waals surface area contributed by atoms with Crippen molar-refractivity contribution in [1.82, 2.24) is 9.91 Å². The summed E-state index contributed by atoms with van der Waals surface area (Å²) in [5.74, 6) is -5.43. The fourth-order valence-electron chi connectivity index (χ4n) is 8.79. The van der Waals surface area contributed by atoms with Gasteiger partial charge in [-0.25, -0.2) is 0 Å². The number of aliphatic hydroxyl groups excluding tert-OH is 1. The van der Waals surface area contributed by atoms with Crippen LogP contribution in [0.4, 0.5) is 5.69 Å². The summed E-state index contributed by atoms with van der Waals surface area (Å²) in [6, 6.07) is 14.9. The maximum absolute atomic E-state index is 15.2. The van der Waals surface area contributed by atoms with Crippen molar-refractivity contribution in [3.8, 4) is 5.75 Å². The summed E-state index contributed by atoms with van der Waals surface area (Å²) >= 11 is 12.6. The number of unbranched alkanes of at least 4 members (excludes halogenated alkanes) is 2. The van der Waals surface area contributed by atoms with Gasteiger partial charge >= 0.3 is 5.97 Å². The Morgan fingerprint density at radius 3 is 2.42 bits per heavy atom. The lowest BCUT2D eigenvalue weighted by Crippen LogP contribution is -2.53. The number of hydrogen-bond acceptors (Lipinski definition) is 9. The second kappa shape index (κ2) is 14.1. The van der Waals surface area contributed by atoms with Gasteiger partial charge < -0.3 is 19.4 Å². The van der Waals surface area contributed by atoms with Crippen molar-refractivity contribution < 1.29 is 43.3 Å². The zero-order valence-corrected chi connectivity index (χ0v) is 29.7. The van der Waals surface area contributed by atoms with E-state index in [1.165, 1.54) is 18.1 Å². The number of aliphatic hydroxyl groups is 1. The van der Waals surface area contributed by atoms with E-state index in [0.717, 1.165) is 5.01 Å². The largest absolute Gasteiger partial charge is 0.497 e. The first kappa shape index (κ1) is 35.7. The molecule has 52 heavy (non-hydrogen) atoms. The van der Waals surface area contributed by atoms with Crippen LogP contribution in [0, 0.1) is 23.7 Å². The number of carbonyl (C=O) groups excluding carboxylic acids is 4. The number of ether oxygens (including phenoxy) is 1. The molecule has 6 atom stereocenters. The van der Waals surface area contributed by atoms with E-state index in [2.05, 4.69) is 5.43 Å². The van der Waals surface area contributed by atoms with Crippen LogP contribution in [0.1, 0.15) is 61.5 Å². The number of fused-ring (bicyclic) bond motifs is 4. The standard InChI is InChI=1S/C38H37Cl2N3O9/c1-51-22-9-6-20(7-10-22)38-27(35(48)43(37(38)50)41-29-14-8-21(39)17-28(29)40)18-26-24(33(38)30-15-11-23(19-44)52-30)12-13-25-32(26)36(49)42(34(25)47)16-4-2-3-5-31(45)46/h6-12,14-15,17,25-27,32-33,41,44H,2-5,13,16,18-19H2,1H3,(H,45,46). The molecule has 2 aliphatic heterocycles. The SMILES string of the molecule is COc1ccc(C23C(=O)N(Nc4ccc(Cl)cc4Cl)C(=O)C2CC2C(=CCC4C(=O)N(CCCCCC(=O)O)C(=O)C42)C3c2ccc(CO)o2)cc1. The molecule has 272 valence electrons. The van der Waals surface area contributed by atoms with Crippen LogP contribution in [0.2, 0.25) is 10.0 Å². The Kier molecular flexibility index (Phi) is 9.66. The lowest BCUT2D eigenvalue weighted by atomic mass is 9.50. The van der Waals surface area contributed by atoms with Crippen molar-refractivity contribution >= 4 is 58.5 Å². The number of carbonyl (C=O) groups is 5. The molecule has 4 aliphatic rings. The predicted molar refractivity (Wildman–Crippen MR) is 188 cm³/mol. The molecule has 3 fully saturated rings. The molecule has 12 nitrogen and oxygen atoms in total. The highest BCUT2D eigenvalue weighted by Crippen LogP contribution is 2.64. The second-order valence-corrected chi connectivity index (χ2v) is 14.6. The molecule has 0 radical (unpaired) electrons. The first-order valence-corrected chi connectivity index (χ1v) is 18.0. The Labute approximate surface area is 309 Å². The molecule has 6 unspecified atom stereocenters. The number of rotatable bonds is 12. The molecule has 7 rings (SSSR count). The Balaban J connectivity index is 1.34. The van der Waals surface area contributed by atoms with E-state index in [4.69, 9.17) is 37.5 Å². The number of carboxylic acids is 1. The summed E-state index contributed by atoms with van der Waals surface area (Å²) in [7, 11) is 1.53. The number of hydrazine groups is 1. The van der Waals surface area contributed by atoms with Gasteiger partial charge in [0.05, 0.1) is 41.5 Å². The van der Waals surface area contributed by atoms with E-state index in [9.17, 15) is 24.3 Å². The molecular formula is C38H37Cl2N3O9. The fourth-order valence-corrected chi connectivity index (χ4v) is 9.25. The van der Waals surface area contributed by atoms with Gasteiger partial charge in [0.2, 0.25) is 11.8 Å². The number of halogens is 2. The van der Waals surface area contributed by atoms with Crippen LogP contribution in [0.15, 0.2) is 70.7 Å². The van der Waals surface area contributed by atoms with Gasteiger partial charge in [-0.2, -0.15) is 5.01 Å². The van der Waals surface area contributed by atoms with Crippen molar-refractivity contribution in [2.24, 2.45) is 23.7 Å². The summed E-state index contributed by atoms with van der Waals surface area (Å²) in [4.78, 5) is 70.2. The van der Waals surface area contributed by atoms with Crippen LogP contribution in [-0.4, -0.2) is 63.4 Å². The van der Waals surface area contributed by atoms with E-state index >= 15 is 4.79 Å². The predicted octanol–water partition coefficient (Wildman–Crippen LogP) is 5.72. The van der Waals surface area contributed by atoms with Gasteiger partial charge in [0.25, 0.3) is 11.8 Å². The number of imide groups is 2. The van der Waals surface area contributed by atoms with Crippen molar-refractivity contribution in [1.29, 1.82) is 0 Å². The average molecular weight is 751 g/mol. The number of furan rings is 1. The van der Waals surface area contributed by atoms with Crippen LogP contribution >= 0.6 is 23.2 Å². The molecule has 0 bridgehead atoms. The van der Waals surface area contributed by atoms with E-state index in [1.807, 2.05) is 6.08 Å². The molecule has 2 aliphatic carbocycles. The number of nitrogens with one attached hydrogen (secondary N) is 1. The number of anilines is 1. The third-order valence-corrected chi connectivity index (χ3v) is 11.6. The summed E-state index contributed by atoms with van der Waals surface area (Å²) in [6.07, 6.45) is 3.71. The lowest BCUT2D eigenvalue weighted by molar-refractivity contribution is -0.141. The van der Waals surface area contributed by atoms with Crippen molar-refractivity contribution in [3.05, 3.63) is 93.4 Å². The molecule has 4 amide bonds. The average Bonchev–Trinajstić information content (AvgIpc) is 3.77. The third kappa shape index (κ3) is 5.77. The van der Waals surface area contributed by atoms with Gasteiger partial charge in [-0.3, -0.25) is 34.3 Å². The number of likely N-dealkylation sites (tertiary alicyclic amines) is 1. The minimum atomic E-state index is -1.58. The van der Waals surface area contributed by atoms with Gasteiger partial charge in [-0.05, 0) is 79.6 Å². The van der Waals surface area contributed by atoms with Crippen molar-refractivity contribution in [2.45, 2.75) is 56.5 Å². The summed E-state index contributed by atoms with van der Waals surface area (Å²) in [5.41, 5.74) is 2.88. The Morgan fingerprint density at radius 1 is 0.981 bits per heavy atom. The van der Waals surface area contributed by atoms with Crippen molar-refractivity contribution in [3.63, 3.8) is 0 Å². The molecule has 2 aromatic carbocycles. The minimum Gasteiger partial charge on any atom is -0.497 e. The molecule has 3 N–H and O–H groups in total. The molecule has 1 saturated carbocycles. The monoisotopic (exact) mass is 749 g/mol. The van der Waals surface area contributed by atoms with E-state index < -0.39 is 59.4 Å². The molecule has 1 aromatic heterocycles. The maximum Gasteiger partial charge on any atom is 0.303 e. The van der Waals surface area contributed by atoms with Gasteiger partial charge in [0.1, 0.15) is 29.3 Å². The number of aliphatic carboxylic acids is 1. The fraction of sp³-hybridized carbons (Fsp3) is 0.395. The Morgan fingerprint density at radius 2 is 1.75 bits per heavy atom. The number of carboxylic acid groups (broad SMARTS) is 1. The number of methoxy groups -OCH3 is 1. The summed E-state index contributed by atoms with van der Waals surface area (Å²) in [5, 5.41) is 20.5. The zero-order chi connectivity index (χ0) is 36.9. The topological polar surface area (TPSA) is 167 Å². The zero-order valence-electron chi connectivity index (χ0n) is 28.2. The molecule has 0 spiro atoms. The minimum absolute atomic E-state index is 0.00877. The molecule has 3 heterocycles. The van der Waals surface area contributed by atoms with Crippen LogP contribution in [0.5, 0.6) is 5.75 Å². The number of nitrogens with zero attached hydrogens (tertiary/aromatic N) is 2. The summed E-state index contributed by atoms with van der Waals surface area (Å²) in [6.45, 7) is -0.229. The Hall–Kier alpha value is -4.65. The van der Waals surface area contributed by atoms with Gasteiger partial charge in [0.15, 0.2) is 0 Å². The van der Waals surface area contributed by atoms with Gasteiger partial charge in [-0.15, -0.1) is 0 Å². The smallest absolute Gasteiger partial charge is 0.303 e. The third-order valence-electron chi connectivity index (χ3n) is 11.1. The second-order valence-electron chi connectivity index (χ2n) is 13.7. The highest BCUT2D eigenvalue weighted by atomic mass is 35.5. The molecule has 2 saturated heterocycles. The van der Waals surface area contributed by atoms with Gasteiger partial charge in [-0.1, -0.05) is 53.4 Å². The van der Waals surface area contributed by atoms with Crippen LogP contribution < -0.4 is 10.2 Å². The number of hydrogen-bond donors (Lipinski definition) is 3. The highest BCUT2D eigenvalue weighted by Gasteiger charge is 2.71. The van der Waals surface area contributed by atoms with Gasteiger partial charge in [0, 0.05) is 18.0 Å². The Bertz CT molecular complexity index is 1980. The van der Waals surface area contributed by atoms with Crippen LogP contribution in [-0.2, 0) is 36.0 Å². The van der Waals surface area contributed by atoms with E-state index in [-0.39, 0.29) is 54.1 Å². The first-order valence-electron chi connectivity index (χ1n) is 17.2. The quantitative estimate of drug-likeness (QED) is 0.118. The summed E-state index contributed by atoms with van der Waals surface area (Å²) < 4.78 is 11.6. The molecule has 14 heteroatoms. The van der Waals surface area contributed by atoms with Crippen LogP contribution in [0.3, 0.4) is 0 Å². The van der Waals surface area contributed by atoms with Crippen molar-refractivity contribution in [2.75, 3.05) is 19.1 Å². The highest BCUT2D eigenvalue weighted by molar-refractivity contribution is 6.36. The van der Waals surface area contributed by atoms with E-state index in [1.54, 1.807) is 48.5 Å². The molecule has 3 aromatic rings. The molecular weight excluding hydrogens is 713 g/mol. The van der Waals surface area contributed by atoms with E-state index in [0.29, 0.717) is 46.9 Å². The normalized spacial score (nSPS) is 26.6. The number of amides is 4. The van der Waals surface area contributed by atoms with Crippen LogP contribution in [0.25, 0.3) is 0 Å². The maximum atomic E-state index is 15.2. The first-order chi connectivity index (χ1) is 25.0. The number of allylic oxidation sites excluding steroid dienone is 2. The number of benzene rings is 2. The lowest BCUT2D eigenvalue weighted by Gasteiger charge is -2.49.